The van der Waals surface area contributed by atoms with Gasteiger partial charge in [0, 0.05) is 28.1 Å². The summed E-state index contributed by atoms with van der Waals surface area (Å²) in [6, 6.07) is 0. The smallest absolute Gasteiger partial charge is 0.142 e. The molecular weight excluding hydrogens is 274 g/mol. The number of nitrogens with zero attached hydrogens (tertiary/aromatic N) is 2. The zero-order chi connectivity index (χ0) is 13.8. The Kier molecular flexibility index (Phi) is 5.54. The summed E-state index contributed by atoms with van der Waals surface area (Å²) in [5.74, 6) is 3.47. The molecule has 2 atom stereocenters. The molecule has 2 rings (SSSR count). The third kappa shape index (κ3) is 3.64. The zero-order valence-corrected chi connectivity index (χ0v) is 13.6. The highest BCUT2D eigenvalue weighted by Crippen LogP contribution is 2.41. The van der Waals surface area contributed by atoms with E-state index in [1.54, 1.807) is 0 Å². The molecule has 2 unspecified atom stereocenters. The first-order valence-corrected chi connectivity index (χ1v) is 9.00. The minimum Gasteiger partial charge on any atom is -0.330 e. The molecule has 0 aliphatic carbocycles. The monoisotopic (exact) mass is 297 g/mol. The number of rotatable bonds is 4. The normalized spacial score (nSPS) is 23.6. The van der Waals surface area contributed by atoms with Gasteiger partial charge in [-0.2, -0.15) is 11.8 Å². The van der Waals surface area contributed by atoms with Crippen molar-refractivity contribution in [1.29, 1.82) is 0 Å². The van der Waals surface area contributed by atoms with Crippen molar-refractivity contribution < 1.29 is 0 Å². The van der Waals surface area contributed by atoms with E-state index in [2.05, 4.69) is 20.8 Å². The molecule has 2 N–H and O–H groups in total. The molecule has 2 heterocycles. The third-order valence-corrected chi connectivity index (χ3v) is 6.60. The fourth-order valence-electron chi connectivity index (χ4n) is 2.45. The van der Waals surface area contributed by atoms with Crippen molar-refractivity contribution in [2.75, 3.05) is 18.1 Å². The van der Waals surface area contributed by atoms with Gasteiger partial charge in [-0.15, -0.1) is 11.8 Å². The Morgan fingerprint density at radius 3 is 2.37 bits per heavy atom. The molecule has 106 valence electrons. The molecule has 1 saturated heterocycles. The fraction of sp³-hybridized carbons (Fsp3) is 0.714. The maximum absolute atomic E-state index is 5.59. The van der Waals surface area contributed by atoms with Crippen molar-refractivity contribution in [1.82, 2.24) is 9.97 Å². The van der Waals surface area contributed by atoms with Crippen LogP contribution in [0.4, 0.5) is 0 Å². The Labute approximate surface area is 124 Å². The van der Waals surface area contributed by atoms with Gasteiger partial charge in [0.05, 0.1) is 5.25 Å². The second-order valence-corrected chi connectivity index (χ2v) is 7.73. The highest BCUT2D eigenvalue weighted by molar-refractivity contribution is 8.06. The van der Waals surface area contributed by atoms with E-state index in [0.29, 0.717) is 10.5 Å². The van der Waals surface area contributed by atoms with Gasteiger partial charge in [-0.05, 0) is 38.8 Å². The number of hydrogen-bond acceptors (Lipinski definition) is 5. The second kappa shape index (κ2) is 6.95. The molecule has 1 aliphatic rings. The largest absolute Gasteiger partial charge is 0.330 e. The van der Waals surface area contributed by atoms with E-state index in [-0.39, 0.29) is 0 Å². The van der Waals surface area contributed by atoms with Crippen molar-refractivity contribution in [3.63, 3.8) is 0 Å². The minimum atomic E-state index is 0.444. The summed E-state index contributed by atoms with van der Waals surface area (Å²) in [5, 5.41) is 1.05. The van der Waals surface area contributed by atoms with Gasteiger partial charge in [-0.3, -0.25) is 0 Å². The number of aromatic nitrogens is 2. The van der Waals surface area contributed by atoms with Gasteiger partial charge in [0.15, 0.2) is 0 Å². The molecule has 1 aromatic rings. The van der Waals surface area contributed by atoms with E-state index in [4.69, 9.17) is 15.7 Å². The Bertz CT molecular complexity index is 414. The van der Waals surface area contributed by atoms with Crippen LogP contribution < -0.4 is 5.73 Å². The lowest BCUT2D eigenvalue weighted by Gasteiger charge is -2.27. The lowest BCUT2D eigenvalue weighted by Crippen LogP contribution is -2.19. The summed E-state index contributed by atoms with van der Waals surface area (Å²) in [6.07, 6.45) is 2.01. The Balaban J connectivity index is 2.23. The van der Waals surface area contributed by atoms with E-state index in [1.165, 1.54) is 17.1 Å². The van der Waals surface area contributed by atoms with Crippen molar-refractivity contribution in [3.05, 3.63) is 22.8 Å². The summed E-state index contributed by atoms with van der Waals surface area (Å²) >= 11 is 4.03. The standard InChI is InChI=1S/C14H23N3S2/c1-9-12(5-4-6-15)10(2)17-14(16-9)13-11(3)18-7-8-19-13/h11,13H,4-8,15H2,1-3H3. The summed E-state index contributed by atoms with van der Waals surface area (Å²) in [5.41, 5.74) is 9.16. The Morgan fingerprint density at radius 1 is 1.16 bits per heavy atom. The number of aryl methyl sites for hydroxylation is 2. The van der Waals surface area contributed by atoms with Gasteiger partial charge < -0.3 is 5.73 Å². The average molecular weight is 297 g/mol. The van der Waals surface area contributed by atoms with Crippen LogP contribution in [0.15, 0.2) is 0 Å². The Hall–Kier alpha value is -0.260. The summed E-state index contributed by atoms with van der Waals surface area (Å²) in [7, 11) is 0. The molecule has 5 heteroatoms. The van der Waals surface area contributed by atoms with Crippen LogP contribution in [-0.2, 0) is 6.42 Å². The second-order valence-electron chi connectivity index (χ2n) is 4.99. The van der Waals surface area contributed by atoms with Crippen LogP contribution in [0.3, 0.4) is 0 Å². The van der Waals surface area contributed by atoms with Crippen molar-refractivity contribution in [2.24, 2.45) is 5.73 Å². The lowest BCUT2D eigenvalue weighted by atomic mass is 10.1. The van der Waals surface area contributed by atoms with Crippen molar-refractivity contribution >= 4 is 23.5 Å². The molecule has 0 bridgehead atoms. The quantitative estimate of drug-likeness (QED) is 0.926. The van der Waals surface area contributed by atoms with Crippen LogP contribution >= 0.6 is 23.5 Å². The van der Waals surface area contributed by atoms with Gasteiger partial charge in [0.1, 0.15) is 5.82 Å². The number of thioether (sulfide) groups is 2. The van der Waals surface area contributed by atoms with Crippen LogP contribution in [0.2, 0.25) is 0 Å². The molecular formula is C14H23N3S2. The molecule has 0 amide bonds. The molecule has 3 nitrogen and oxygen atoms in total. The van der Waals surface area contributed by atoms with E-state index in [9.17, 15) is 0 Å². The maximum Gasteiger partial charge on any atom is 0.142 e. The maximum atomic E-state index is 5.59. The number of hydrogen-bond donors (Lipinski definition) is 1. The molecule has 0 aromatic carbocycles. The predicted octanol–water partition coefficient (Wildman–Crippen LogP) is 2.89. The SMILES string of the molecule is Cc1nc(C2SCCSC2C)nc(C)c1CCCN. The summed E-state index contributed by atoms with van der Waals surface area (Å²) < 4.78 is 0. The average Bonchev–Trinajstić information content (AvgIpc) is 2.38. The number of nitrogens with two attached hydrogens (primary N) is 1. The van der Waals surface area contributed by atoms with E-state index in [1.807, 2.05) is 23.5 Å². The molecule has 1 aliphatic heterocycles. The fourth-order valence-corrected chi connectivity index (χ4v) is 5.14. The van der Waals surface area contributed by atoms with Crippen LogP contribution in [0, 0.1) is 13.8 Å². The van der Waals surface area contributed by atoms with Crippen molar-refractivity contribution in [3.8, 4) is 0 Å². The van der Waals surface area contributed by atoms with Crippen LogP contribution in [0.1, 0.15) is 41.4 Å². The highest BCUT2D eigenvalue weighted by atomic mass is 32.2. The van der Waals surface area contributed by atoms with Gasteiger partial charge in [-0.25, -0.2) is 9.97 Å². The predicted molar refractivity (Wildman–Crippen MR) is 86.0 cm³/mol. The minimum absolute atomic E-state index is 0.444. The van der Waals surface area contributed by atoms with Gasteiger partial charge in [0.2, 0.25) is 0 Å². The third-order valence-electron chi connectivity index (χ3n) is 3.51. The lowest BCUT2D eigenvalue weighted by molar-refractivity contribution is 0.764. The van der Waals surface area contributed by atoms with E-state index in [0.717, 1.165) is 36.6 Å². The highest BCUT2D eigenvalue weighted by Gasteiger charge is 2.27. The summed E-state index contributed by atoms with van der Waals surface area (Å²) in [6.45, 7) is 7.23. The van der Waals surface area contributed by atoms with Gasteiger partial charge >= 0.3 is 0 Å². The van der Waals surface area contributed by atoms with Crippen molar-refractivity contribution in [2.45, 2.75) is 44.1 Å². The molecule has 1 fully saturated rings. The Morgan fingerprint density at radius 2 is 1.79 bits per heavy atom. The molecule has 0 saturated carbocycles. The molecule has 19 heavy (non-hydrogen) atoms. The van der Waals surface area contributed by atoms with E-state index < -0.39 is 0 Å². The van der Waals surface area contributed by atoms with Gasteiger partial charge in [0.25, 0.3) is 0 Å². The van der Waals surface area contributed by atoms with Gasteiger partial charge in [-0.1, -0.05) is 6.92 Å². The zero-order valence-electron chi connectivity index (χ0n) is 12.0. The molecule has 0 spiro atoms. The van der Waals surface area contributed by atoms with Crippen LogP contribution in [0.25, 0.3) is 0 Å². The van der Waals surface area contributed by atoms with E-state index >= 15 is 0 Å². The first-order chi connectivity index (χ1) is 9.13. The first-order valence-electron chi connectivity index (χ1n) is 6.90. The van der Waals surface area contributed by atoms with Crippen LogP contribution in [-0.4, -0.2) is 33.3 Å². The summed E-state index contributed by atoms with van der Waals surface area (Å²) in [4.78, 5) is 9.55. The molecule has 0 radical (unpaired) electrons. The topological polar surface area (TPSA) is 51.8 Å². The first kappa shape index (κ1) is 15.1. The molecule has 1 aromatic heterocycles. The van der Waals surface area contributed by atoms with Crippen LogP contribution in [0.5, 0.6) is 0 Å².